The second-order valence-electron chi connectivity index (χ2n) is 6.28. The molecule has 1 fully saturated rings. The molecular weight excluding hydrogens is 344 g/mol. The van der Waals surface area contributed by atoms with Crippen molar-refractivity contribution >= 4 is 11.6 Å². The number of amides is 1. The molecule has 4 rings (SSSR count). The number of benzene rings is 2. The number of tetrazole rings is 1. The molecule has 27 heavy (non-hydrogen) atoms. The quantitative estimate of drug-likeness (QED) is 0.700. The van der Waals surface area contributed by atoms with Crippen LogP contribution in [0.2, 0.25) is 0 Å². The molecule has 0 radical (unpaired) electrons. The summed E-state index contributed by atoms with van der Waals surface area (Å²) in [6.45, 7) is 2.95. The molecular formula is C19H20N6O2. The highest BCUT2D eigenvalue weighted by atomic mass is 16.5. The summed E-state index contributed by atoms with van der Waals surface area (Å²) in [5.41, 5.74) is 2.55. The van der Waals surface area contributed by atoms with E-state index in [0.29, 0.717) is 18.7 Å². The maximum Gasteiger partial charge on any atom is 0.254 e. The maximum absolute atomic E-state index is 12.9. The summed E-state index contributed by atoms with van der Waals surface area (Å²) < 4.78 is 6.75. The standard InChI is InChI=1S/C19H20N6O2/c1-27-18-7-5-16(6-8-18)23-9-11-24(12-10-23)19(26)15-3-2-4-17(13-15)25-14-20-21-22-25/h2-8,13-14H,9-12H2,1H3. The zero-order valence-electron chi connectivity index (χ0n) is 15.0. The first-order valence-corrected chi connectivity index (χ1v) is 8.76. The van der Waals surface area contributed by atoms with Gasteiger partial charge in [-0.3, -0.25) is 4.79 Å². The van der Waals surface area contributed by atoms with Gasteiger partial charge in [-0.15, -0.1) is 5.10 Å². The summed E-state index contributed by atoms with van der Waals surface area (Å²) in [6, 6.07) is 15.4. The second-order valence-corrected chi connectivity index (χ2v) is 6.28. The van der Waals surface area contributed by atoms with Gasteiger partial charge in [0.05, 0.1) is 12.8 Å². The lowest BCUT2D eigenvalue weighted by molar-refractivity contribution is 0.0746. The Labute approximate surface area is 157 Å². The third-order valence-corrected chi connectivity index (χ3v) is 4.71. The highest BCUT2D eigenvalue weighted by Crippen LogP contribution is 2.21. The molecule has 3 aromatic rings. The lowest BCUT2D eigenvalue weighted by Gasteiger charge is -2.36. The Balaban J connectivity index is 1.42. The molecule has 0 unspecified atom stereocenters. The molecule has 1 amide bonds. The molecule has 0 N–H and O–H groups in total. The summed E-state index contributed by atoms with van der Waals surface area (Å²) >= 11 is 0. The Morgan fingerprint density at radius 1 is 1.00 bits per heavy atom. The van der Waals surface area contributed by atoms with Crippen molar-refractivity contribution in [3.63, 3.8) is 0 Å². The molecule has 8 heteroatoms. The van der Waals surface area contributed by atoms with Gasteiger partial charge in [0.1, 0.15) is 12.1 Å². The van der Waals surface area contributed by atoms with Gasteiger partial charge in [0, 0.05) is 37.4 Å². The highest BCUT2D eigenvalue weighted by Gasteiger charge is 2.22. The Kier molecular flexibility index (Phi) is 4.69. The number of nitrogens with zero attached hydrogens (tertiary/aromatic N) is 6. The summed E-state index contributed by atoms with van der Waals surface area (Å²) in [5, 5.41) is 11.1. The Morgan fingerprint density at radius 3 is 2.44 bits per heavy atom. The van der Waals surface area contributed by atoms with Gasteiger partial charge in [0.25, 0.3) is 5.91 Å². The second kappa shape index (κ2) is 7.45. The van der Waals surface area contributed by atoms with Crippen molar-refractivity contribution in [3.05, 3.63) is 60.4 Å². The number of ether oxygens (including phenoxy) is 1. The van der Waals surface area contributed by atoms with E-state index in [4.69, 9.17) is 4.74 Å². The van der Waals surface area contributed by atoms with E-state index in [2.05, 4.69) is 20.4 Å². The Morgan fingerprint density at radius 2 is 1.78 bits per heavy atom. The zero-order chi connectivity index (χ0) is 18.6. The topological polar surface area (TPSA) is 76.4 Å². The molecule has 8 nitrogen and oxygen atoms in total. The van der Waals surface area contributed by atoms with Crippen LogP contribution in [-0.4, -0.2) is 64.3 Å². The third-order valence-electron chi connectivity index (χ3n) is 4.71. The fourth-order valence-electron chi connectivity index (χ4n) is 3.20. The van der Waals surface area contributed by atoms with Gasteiger partial charge in [0.2, 0.25) is 0 Å². The van der Waals surface area contributed by atoms with Crippen LogP contribution in [0.15, 0.2) is 54.9 Å². The van der Waals surface area contributed by atoms with Crippen molar-refractivity contribution in [3.8, 4) is 11.4 Å². The van der Waals surface area contributed by atoms with Crippen molar-refractivity contribution in [2.24, 2.45) is 0 Å². The van der Waals surface area contributed by atoms with E-state index >= 15 is 0 Å². The number of anilines is 1. The van der Waals surface area contributed by atoms with Crippen LogP contribution < -0.4 is 9.64 Å². The lowest BCUT2D eigenvalue weighted by atomic mass is 10.1. The zero-order valence-corrected chi connectivity index (χ0v) is 15.0. The minimum absolute atomic E-state index is 0.0271. The van der Waals surface area contributed by atoms with E-state index in [1.165, 1.54) is 6.33 Å². The normalized spacial score (nSPS) is 14.3. The Bertz CT molecular complexity index is 902. The van der Waals surface area contributed by atoms with Gasteiger partial charge in [-0.1, -0.05) is 6.07 Å². The third kappa shape index (κ3) is 3.59. The minimum Gasteiger partial charge on any atom is -0.497 e. The minimum atomic E-state index is 0.0271. The van der Waals surface area contributed by atoms with Crippen LogP contribution in [0.25, 0.3) is 5.69 Å². The number of hydrogen-bond acceptors (Lipinski definition) is 6. The van der Waals surface area contributed by atoms with Crippen molar-refractivity contribution < 1.29 is 9.53 Å². The molecule has 0 atom stereocenters. The van der Waals surface area contributed by atoms with E-state index in [-0.39, 0.29) is 5.91 Å². The van der Waals surface area contributed by atoms with E-state index in [9.17, 15) is 4.79 Å². The average Bonchev–Trinajstić information content (AvgIpc) is 3.29. The first-order valence-electron chi connectivity index (χ1n) is 8.76. The Hall–Kier alpha value is -3.42. The molecule has 1 aliphatic heterocycles. The summed E-state index contributed by atoms with van der Waals surface area (Å²) in [7, 11) is 1.66. The molecule has 2 aromatic carbocycles. The van der Waals surface area contributed by atoms with Crippen LogP contribution in [0.3, 0.4) is 0 Å². The SMILES string of the molecule is COc1ccc(N2CCN(C(=O)c3cccc(-n4cnnn4)c3)CC2)cc1. The predicted molar refractivity (Wildman–Crippen MR) is 100 cm³/mol. The van der Waals surface area contributed by atoms with E-state index in [1.54, 1.807) is 11.8 Å². The number of hydrogen-bond donors (Lipinski definition) is 0. The van der Waals surface area contributed by atoms with Gasteiger partial charge in [-0.25, -0.2) is 4.68 Å². The molecule has 0 saturated carbocycles. The van der Waals surface area contributed by atoms with Gasteiger partial charge in [-0.05, 0) is 52.9 Å². The summed E-state index contributed by atoms with van der Waals surface area (Å²) in [4.78, 5) is 17.0. The van der Waals surface area contributed by atoms with Gasteiger partial charge >= 0.3 is 0 Å². The largest absolute Gasteiger partial charge is 0.497 e. The van der Waals surface area contributed by atoms with E-state index in [0.717, 1.165) is 30.2 Å². The van der Waals surface area contributed by atoms with Crippen molar-refractivity contribution in [1.82, 2.24) is 25.1 Å². The molecule has 1 aromatic heterocycles. The lowest BCUT2D eigenvalue weighted by Crippen LogP contribution is -2.48. The van der Waals surface area contributed by atoms with Gasteiger partial charge in [-0.2, -0.15) is 0 Å². The molecule has 0 aliphatic carbocycles. The number of aromatic nitrogens is 4. The highest BCUT2D eigenvalue weighted by molar-refractivity contribution is 5.95. The average molecular weight is 364 g/mol. The number of methoxy groups -OCH3 is 1. The van der Waals surface area contributed by atoms with Crippen molar-refractivity contribution in [2.45, 2.75) is 0 Å². The van der Waals surface area contributed by atoms with Crippen LogP contribution in [0.1, 0.15) is 10.4 Å². The van der Waals surface area contributed by atoms with Crippen molar-refractivity contribution in [2.75, 3.05) is 38.2 Å². The fraction of sp³-hybridized carbons (Fsp3) is 0.263. The maximum atomic E-state index is 12.9. The van der Waals surface area contributed by atoms with Crippen LogP contribution in [0.4, 0.5) is 5.69 Å². The van der Waals surface area contributed by atoms with E-state index in [1.807, 2.05) is 53.4 Å². The van der Waals surface area contributed by atoms with E-state index < -0.39 is 0 Å². The molecule has 1 aliphatic rings. The van der Waals surface area contributed by atoms with Crippen LogP contribution in [0, 0.1) is 0 Å². The molecule has 138 valence electrons. The first-order chi connectivity index (χ1) is 13.2. The smallest absolute Gasteiger partial charge is 0.254 e. The first kappa shape index (κ1) is 17.0. The van der Waals surface area contributed by atoms with Gasteiger partial charge in [0.15, 0.2) is 0 Å². The van der Waals surface area contributed by atoms with Crippen LogP contribution in [-0.2, 0) is 0 Å². The van der Waals surface area contributed by atoms with Crippen LogP contribution in [0.5, 0.6) is 5.75 Å². The molecule has 1 saturated heterocycles. The number of rotatable bonds is 4. The predicted octanol–water partition coefficient (Wildman–Crippen LogP) is 1.63. The fourth-order valence-corrected chi connectivity index (χ4v) is 3.20. The molecule has 0 spiro atoms. The van der Waals surface area contributed by atoms with Crippen molar-refractivity contribution in [1.29, 1.82) is 0 Å². The molecule has 2 heterocycles. The van der Waals surface area contributed by atoms with Crippen LogP contribution >= 0.6 is 0 Å². The summed E-state index contributed by atoms with van der Waals surface area (Å²) in [6.07, 6.45) is 1.51. The monoisotopic (exact) mass is 364 g/mol. The summed E-state index contributed by atoms with van der Waals surface area (Å²) in [5.74, 6) is 0.870. The molecule has 0 bridgehead atoms. The van der Waals surface area contributed by atoms with Gasteiger partial charge < -0.3 is 14.5 Å². The number of piperazine rings is 1. The number of carbonyl (C=O) groups excluding carboxylic acids is 1. The number of carbonyl (C=O) groups is 1.